The highest BCUT2D eigenvalue weighted by Crippen LogP contribution is 2.20. The van der Waals surface area contributed by atoms with Crippen molar-refractivity contribution in [3.05, 3.63) is 30.3 Å². The minimum absolute atomic E-state index is 0.0563. The van der Waals surface area contributed by atoms with E-state index in [1.807, 2.05) is 6.92 Å². The van der Waals surface area contributed by atoms with Crippen LogP contribution in [0.2, 0.25) is 0 Å². The van der Waals surface area contributed by atoms with Gasteiger partial charge in [0.05, 0.1) is 6.10 Å². The lowest BCUT2D eigenvalue weighted by Crippen LogP contribution is -2.18. The van der Waals surface area contributed by atoms with Crippen molar-refractivity contribution >= 4 is 11.8 Å². The molecule has 0 radical (unpaired) electrons. The van der Waals surface area contributed by atoms with E-state index in [2.05, 4.69) is 15.3 Å². The second-order valence-electron chi connectivity index (χ2n) is 4.20. The van der Waals surface area contributed by atoms with Gasteiger partial charge >= 0.3 is 5.97 Å². The molecular weight excluding hydrogens is 262 g/mol. The second-order valence-corrected chi connectivity index (χ2v) is 4.20. The maximum Gasteiger partial charge on any atom is 0.357 e. The molecule has 0 spiro atoms. The molecule has 0 aliphatic heterocycles. The topological polar surface area (TPSA) is 97.5 Å². The van der Waals surface area contributed by atoms with E-state index in [1.54, 1.807) is 25.4 Å². The summed E-state index contributed by atoms with van der Waals surface area (Å²) in [5.41, 5.74) is 0.527. The molecule has 2 rings (SSSR count). The molecule has 2 heterocycles. The summed E-state index contributed by atoms with van der Waals surface area (Å²) in [7, 11) is 1.64. The molecule has 106 valence electrons. The summed E-state index contributed by atoms with van der Waals surface area (Å²) < 4.78 is 10.3. The molecule has 0 saturated carbocycles. The van der Waals surface area contributed by atoms with Crippen LogP contribution >= 0.6 is 0 Å². The molecule has 7 heteroatoms. The molecule has 0 fully saturated rings. The lowest BCUT2D eigenvalue weighted by molar-refractivity contribution is 0.0690. The summed E-state index contributed by atoms with van der Waals surface area (Å²) in [6.45, 7) is 2.54. The lowest BCUT2D eigenvalue weighted by Gasteiger charge is -2.11. The van der Waals surface area contributed by atoms with E-state index in [0.29, 0.717) is 17.9 Å². The van der Waals surface area contributed by atoms with Gasteiger partial charge in [0.2, 0.25) is 5.89 Å². The summed E-state index contributed by atoms with van der Waals surface area (Å²) in [6.07, 6.45) is 2.76. The Morgan fingerprint density at radius 2 is 2.40 bits per heavy atom. The van der Waals surface area contributed by atoms with Crippen LogP contribution in [0.15, 0.2) is 29.0 Å². The van der Waals surface area contributed by atoms with Crippen LogP contribution in [0.5, 0.6) is 0 Å². The normalized spacial score (nSPS) is 12.1. The number of pyridine rings is 1. The predicted molar refractivity (Wildman–Crippen MR) is 71.7 cm³/mol. The molecule has 2 aromatic heterocycles. The molecule has 1 atom stereocenters. The molecule has 2 N–H and O–H groups in total. The van der Waals surface area contributed by atoms with Crippen molar-refractivity contribution in [1.29, 1.82) is 0 Å². The van der Waals surface area contributed by atoms with Gasteiger partial charge in [0.25, 0.3) is 0 Å². The van der Waals surface area contributed by atoms with Crippen LogP contribution in [0.25, 0.3) is 11.5 Å². The number of carbonyl (C=O) groups is 1. The molecule has 0 aliphatic rings. The zero-order valence-electron chi connectivity index (χ0n) is 11.2. The predicted octanol–water partition coefficient (Wildman–Crippen LogP) is 1.88. The average molecular weight is 277 g/mol. The highest BCUT2D eigenvalue weighted by atomic mass is 16.5. The number of carboxylic acid groups (broad SMARTS) is 1. The van der Waals surface area contributed by atoms with Gasteiger partial charge in [0.15, 0.2) is 5.69 Å². The summed E-state index contributed by atoms with van der Waals surface area (Å²) in [5, 5.41) is 11.9. The van der Waals surface area contributed by atoms with Crippen molar-refractivity contribution in [2.75, 3.05) is 19.0 Å². The maximum atomic E-state index is 10.8. The van der Waals surface area contributed by atoms with E-state index >= 15 is 0 Å². The highest BCUT2D eigenvalue weighted by molar-refractivity contribution is 5.85. The smallest absolute Gasteiger partial charge is 0.357 e. The van der Waals surface area contributed by atoms with Crippen molar-refractivity contribution in [1.82, 2.24) is 9.97 Å². The SMILES string of the molecule is CO[C@@H](C)CNc1cc(-c2nc(C(=O)O)co2)ccn1. The van der Waals surface area contributed by atoms with Gasteiger partial charge in [0.1, 0.15) is 12.1 Å². The Kier molecular flexibility index (Phi) is 4.31. The lowest BCUT2D eigenvalue weighted by atomic mass is 10.2. The number of oxazole rings is 1. The molecule has 0 aliphatic carbocycles. The highest BCUT2D eigenvalue weighted by Gasteiger charge is 2.12. The fraction of sp³-hybridized carbons (Fsp3) is 0.308. The van der Waals surface area contributed by atoms with Crippen molar-refractivity contribution in [2.45, 2.75) is 13.0 Å². The Balaban J connectivity index is 2.14. The van der Waals surface area contributed by atoms with Gasteiger partial charge < -0.3 is 19.6 Å². The minimum Gasteiger partial charge on any atom is -0.476 e. The molecule has 20 heavy (non-hydrogen) atoms. The van der Waals surface area contributed by atoms with Crippen LogP contribution < -0.4 is 5.32 Å². The van der Waals surface area contributed by atoms with Crippen molar-refractivity contribution in [2.24, 2.45) is 0 Å². The van der Waals surface area contributed by atoms with Crippen LogP contribution in [0, 0.1) is 0 Å². The van der Waals surface area contributed by atoms with Crippen LogP contribution in [0.4, 0.5) is 5.82 Å². The first kappa shape index (κ1) is 14.0. The van der Waals surface area contributed by atoms with Crippen LogP contribution in [0.3, 0.4) is 0 Å². The first-order valence-corrected chi connectivity index (χ1v) is 6.02. The molecule has 0 bridgehead atoms. The van der Waals surface area contributed by atoms with Gasteiger partial charge in [-0.2, -0.15) is 0 Å². The number of carboxylic acids is 1. The van der Waals surface area contributed by atoms with Crippen molar-refractivity contribution in [3.8, 4) is 11.5 Å². The average Bonchev–Trinajstić information content (AvgIpc) is 2.95. The number of aromatic nitrogens is 2. The quantitative estimate of drug-likeness (QED) is 0.831. The van der Waals surface area contributed by atoms with E-state index < -0.39 is 5.97 Å². The van der Waals surface area contributed by atoms with Gasteiger partial charge in [-0.05, 0) is 19.1 Å². The number of aromatic carboxylic acids is 1. The van der Waals surface area contributed by atoms with E-state index in [9.17, 15) is 4.79 Å². The fourth-order valence-electron chi connectivity index (χ4n) is 1.50. The number of rotatable bonds is 6. The molecule has 0 unspecified atom stereocenters. The van der Waals surface area contributed by atoms with Gasteiger partial charge in [-0.15, -0.1) is 0 Å². The monoisotopic (exact) mass is 277 g/mol. The third-order valence-corrected chi connectivity index (χ3v) is 2.70. The number of nitrogens with zero attached hydrogens (tertiary/aromatic N) is 2. The first-order chi connectivity index (χ1) is 9.60. The molecular formula is C13H15N3O4. The molecule has 2 aromatic rings. The van der Waals surface area contributed by atoms with E-state index in [4.69, 9.17) is 14.3 Å². The maximum absolute atomic E-state index is 10.8. The third-order valence-electron chi connectivity index (χ3n) is 2.70. The second kappa shape index (κ2) is 6.16. The Bertz CT molecular complexity index is 597. The van der Waals surface area contributed by atoms with E-state index in [0.717, 1.165) is 6.26 Å². The Labute approximate surface area is 115 Å². The Hall–Kier alpha value is -2.41. The molecule has 0 amide bonds. The molecule has 7 nitrogen and oxygen atoms in total. The summed E-state index contributed by atoms with van der Waals surface area (Å²) in [5.74, 6) is -0.240. The number of ether oxygens (including phenoxy) is 1. The van der Waals surface area contributed by atoms with Crippen molar-refractivity contribution in [3.63, 3.8) is 0 Å². The van der Waals surface area contributed by atoms with Crippen LogP contribution in [-0.2, 0) is 4.74 Å². The van der Waals surface area contributed by atoms with E-state index in [1.165, 1.54) is 0 Å². The largest absolute Gasteiger partial charge is 0.476 e. The van der Waals surface area contributed by atoms with Gasteiger partial charge in [-0.3, -0.25) is 0 Å². The number of anilines is 1. The number of hydrogen-bond donors (Lipinski definition) is 2. The van der Waals surface area contributed by atoms with Crippen LogP contribution in [0.1, 0.15) is 17.4 Å². The Morgan fingerprint density at radius 3 is 3.05 bits per heavy atom. The third kappa shape index (κ3) is 3.33. The number of hydrogen-bond acceptors (Lipinski definition) is 6. The number of nitrogens with one attached hydrogen (secondary N) is 1. The molecule has 0 aromatic carbocycles. The Morgan fingerprint density at radius 1 is 1.60 bits per heavy atom. The van der Waals surface area contributed by atoms with Gasteiger partial charge in [-0.1, -0.05) is 0 Å². The standard InChI is InChI=1S/C13H15N3O4/c1-8(19-2)6-15-11-5-9(3-4-14-11)12-16-10(7-20-12)13(17)18/h3-5,7-8H,6H2,1-2H3,(H,14,15)(H,17,18)/t8-/m0/s1. The van der Waals surface area contributed by atoms with Crippen molar-refractivity contribution < 1.29 is 19.1 Å². The van der Waals surface area contributed by atoms with Gasteiger partial charge in [0, 0.05) is 25.4 Å². The summed E-state index contributed by atoms with van der Waals surface area (Å²) >= 11 is 0. The fourth-order valence-corrected chi connectivity index (χ4v) is 1.50. The first-order valence-electron chi connectivity index (χ1n) is 6.02. The van der Waals surface area contributed by atoms with Crippen LogP contribution in [-0.4, -0.2) is 40.8 Å². The zero-order valence-corrected chi connectivity index (χ0v) is 11.2. The van der Waals surface area contributed by atoms with E-state index in [-0.39, 0.29) is 17.7 Å². The van der Waals surface area contributed by atoms with Gasteiger partial charge in [-0.25, -0.2) is 14.8 Å². The minimum atomic E-state index is -1.12. The molecule has 0 saturated heterocycles. The summed E-state index contributed by atoms with van der Waals surface area (Å²) in [6, 6.07) is 3.43. The number of methoxy groups -OCH3 is 1. The summed E-state index contributed by atoms with van der Waals surface area (Å²) in [4.78, 5) is 18.8. The zero-order chi connectivity index (χ0) is 14.5.